The summed E-state index contributed by atoms with van der Waals surface area (Å²) < 4.78 is 5.55. The Kier molecular flexibility index (Phi) is 3.46. The lowest BCUT2D eigenvalue weighted by Crippen LogP contribution is -1.85. The van der Waals surface area contributed by atoms with Gasteiger partial charge in [0.25, 0.3) is 0 Å². The normalized spacial score (nSPS) is 11.1. The van der Waals surface area contributed by atoms with Gasteiger partial charge in [0.05, 0.1) is 0 Å². The van der Waals surface area contributed by atoms with E-state index in [1.54, 1.807) is 12.2 Å². The van der Waals surface area contributed by atoms with Crippen LogP contribution >= 0.6 is 0 Å². The van der Waals surface area contributed by atoms with Crippen LogP contribution in [0.2, 0.25) is 0 Å². The highest BCUT2D eigenvalue weighted by Crippen LogP contribution is 2.20. The number of aromatic nitrogens is 1. The maximum absolute atomic E-state index is 5.55. The van der Waals surface area contributed by atoms with Gasteiger partial charge < -0.3 is 4.42 Å². The molecule has 0 aliphatic carbocycles. The van der Waals surface area contributed by atoms with Crippen molar-refractivity contribution in [3.63, 3.8) is 0 Å². The number of rotatable bonds is 4. The van der Waals surface area contributed by atoms with Gasteiger partial charge in [-0.2, -0.15) is 0 Å². The van der Waals surface area contributed by atoms with E-state index in [1.165, 1.54) is 0 Å². The lowest BCUT2D eigenvalue weighted by atomic mass is 10.2. The minimum atomic E-state index is 0.291. The van der Waals surface area contributed by atoms with E-state index in [-0.39, 0.29) is 0 Å². The van der Waals surface area contributed by atoms with Gasteiger partial charge in [-0.15, -0.1) is 0 Å². The highest BCUT2D eigenvalue weighted by molar-refractivity contribution is 5.58. The summed E-state index contributed by atoms with van der Waals surface area (Å²) in [6.45, 7) is 11.4. The number of nitrogens with zero attached hydrogens (tertiary/aromatic N) is 1. The fraction of sp³-hybridized carbons (Fsp3) is 0.250. The summed E-state index contributed by atoms with van der Waals surface area (Å²) in [6.07, 6.45) is 7.04. The average Bonchev–Trinajstić information content (AvgIpc) is 2.57. The van der Waals surface area contributed by atoms with Gasteiger partial charge in [-0.1, -0.05) is 39.2 Å². The van der Waals surface area contributed by atoms with Crippen LogP contribution in [0.15, 0.2) is 29.7 Å². The molecular formula is C12H15NO. The molecule has 0 amide bonds. The molecule has 0 aromatic carbocycles. The van der Waals surface area contributed by atoms with Crippen molar-refractivity contribution in [2.75, 3.05) is 0 Å². The van der Waals surface area contributed by atoms with E-state index in [9.17, 15) is 0 Å². The Morgan fingerprint density at radius 1 is 1.36 bits per heavy atom. The highest BCUT2D eigenvalue weighted by atomic mass is 16.4. The monoisotopic (exact) mass is 189 g/mol. The van der Waals surface area contributed by atoms with Crippen molar-refractivity contribution in [1.82, 2.24) is 4.98 Å². The van der Waals surface area contributed by atoms with Crippen LogP contribution in [-0.2, 0) is 0 Å². The first-order valence-corrected chi connectivity index (χ1v) is 4.61. The van der Waals surface area contributed by atoms with Gasteiger partial charge in [0, 0.05) is 5.92 Å². The summed E-state index contributed by atoms with van der Waals surface area (Å²) >= 11 is 0. The molecular weight excluding hydrogens is 174 g/mol. The fourth-order valence-corrected chi connectivity index (χ4v) is 1.03. The summed E-state index contributed by atoms with van der Waals surface area (Å²) in [4.78, 5) is 4.31. The number of oxazole rings is 1. The summed E-state index contributed by atoms with van der Waals surface area (Å²) in [7, 11) is 0. The Hall–Kier alpha value is -1.57. The highest BCUT2D eigenvalue weighted by Gasteiger charge is 2.10. The van der Waals surface area contributed by atoms with Crippen molar-refractivity contribution >= 4 is 12.2 Å². The maximum Gasteiger partial charge on any atom is 0.198 e. The zero-order chi connectivity index (χ0) is 10.6. The molecule has 1 aromatic heterocycles. The van der Waals surface area contributed by atoms with Gasteiger partial charge in [0.2, 0.25) is 0 Å². The van der Waals surface area contributed by atoms with Crippen LogP contribution in [0.3, 0.4) is 0 Å². The van der Waals surface area contributed by atoms with E-state index in [1.807, 2.05) is 26.0 Å². The van der Waals surface area contributed by atoms with Crippen molar-refractivity contribution in [3.05, 3.63) is 42.7 Å². The summed E-state index contributed by atoms with van der Waals surface area (Å²) in [5.41, 5.74) is 0.784. The standard InChI is InChI=1S/C12H15NO/c1-5-7-8-11-10(6-2)13-12(14-11)9(3)4/h5-9H,1-2H2,3-4H3/b8-7-. The Bertz CT molecular complexity index is 358. The molecule has 0 unspecified atom stereocenters. The Labute approximate surface area is 84.7 Å². The lowest BCUT2D eigenvalue weighted by Gasteiger charge is -1.94. The second-order valence-electron chi connectivity index (χ2n) is 3.26. The molecule has 0 aliphatic heterocycles. The zero-order valence-corrected chi connectivity index (χ0v) is 8.66. The first-order chi connectivity index (χ1) is 6.69. The second-order valence-corrected chi connectivity index (χ2v) is 3.26. The molecule has 74 valence electrons. The van der Waals surface area contributed by atoms with Crippen LogP contribution in [0.5, 0.6) is 0 Å². The predicted octanol–water partition coefficient (Wildman–Crippen LogP) is 3.64. The average molecular weight is 189 g/mol. The third kappa shape index (κ3) is 2.22. The van der Waals surface area contributed by atoms with Gasteiger partial charge in [0.15, 0.2) is 11.7 Å². The van der Waals surface area contributed by atoms with E-state index >= 15 is 0 Å². The van der Waals surface area contributed by atoms with Gasteiger partial charge in [-0.05, 0) is 12.2 Å². The van der Waals surface area contributed by atoms with Crippen molar-refractivity contribution in [2.45, 2.75) is 19.8 Å². The molecule has 0 radical (unpaired) electrons. The van der Waals surface area contributed by atoms with E-state index in [2.05, 4.69) is 18.1 Å². The molecule has 1 aromatic rings. The fourth-order valence-electron chi connectivity index (χ4n) is 1.03. The SMILES string of the molecule is C=C/C=C\c1oc(C(C)C)nc1C=C. The quantitative estimate of drug-likeness (QED) is 0.676. The molecule has 1 rings (SSSR count). The topological polar surface area (TPSA) is 26.0 Å². The molecule has 0 fully saturated rings. The minimum absolute atomic E-state index is 0.291. The van der Waals surface area contributed by atoms with E-state index in [0.29, 0.717) is 5.92 Å². The Balaban J connectivity index is 3.07. The van der Waals surface area contributed by atoms with Gasteiger partial charge in [0.1, 0.15) is 5.69 Å². The molecule has 0 atom stereocenters. The van der Waals surface area contributed by atoms with Crippen LogP contribution in [0.4, 0.5) is 0 Å². The van der Waals surface area contributed by atoms with Crippen molar-refractivity contribution in [2.24, 2.45) is 0 Å². The Morgan fingerprint density at radius 3 is 2.57 bits per heavy atom. The van der Waals surface area contributed by atoms with E-state index in [4.69, 9.17) is 4.42 Å². The van der Waals surface area contributed by atoms with Crippen molar-refractivity contribution in [1.29, 1.82) is 0 Å². The summed E-state index contributed by atoms with van der Waals surface area (Å²) in [6, 6.07) is 0. The molecule has 2 heteroatoms. The summed E-state index contributed by atoms with van der Waals surface area (Å²) in [5, 5.41) is 0. The van der Waals surface area contributed by atoms with Gasteiger partial charge in [-0.3, -0.25) is 0 Å². The number of allylic oxidation sites excluding steroid dienone is 2. The van der Waals surface area contributed by atoms with Crippen LogP contribution in [-0.4, -0.2) is 4.98 Å². The molecule has 0 bridgehead atoms. The third-order valence-electron chi connectivity index (χ3n) is 1.77. The zero-order valence-electron chi connectivity index (χ0n) is 8.66. The molecule has 0 spiro atoms. The predicted molar refractivity (Wildman–Crippen MR) is 59.9 cm³/mol. The second kappa shape index (κ2) is 4.61. The molecule has 0 saturated heterocycles. The number of hydrogen-bond donors (Lipinski definition) is 0. The third-order valence-corrected chi connectivity index (χ3v) is 1.77. The molecule has 2 nitrogen and oxygen atoms in total. The molecule has 1 heterocycles. The van der Waals surface area contributed by atoms with Gasteiger partial charge in [-0.25, -0.2) is 4.98 Å². The molecule has 14 heavy (non-hydrogen) atoms. The largest absolute Gasteiger partial charge is 0.440 e. The van der Waals surface area contributed by atoms with Gasteiger partial charge >= 0.3 is 0 Å². The van der Waals surface area contributed by atoms with Crippen LogP contribution in [0, 0.1) is 0 Å². The van der Waals surface area contributed by atoms with Crippen LogP contribution in [0.25, 0.3) is 12.2 Å². The minimum Gasteiger partial charge on any atom is -0.440 e. The summed E-state index contributed by atoms with van der Waals surface area (Å²) in [5.74, 6) is 1.77. The first-order valence-electron chi connectivity index (χ1n) is 4.61. The molecule has 0 N–H and O–H groups in total. The first kappa shape index (κ1) is 10.5. The van der Waals surface area contributed by atoms with Crippen molar-refractivity contribution in [3.8, 4) is 0 Å². The Morgan fingerprint density at radius 2 is 2.07 bits per heavy atom. The van der Waals surface area contributed by atoms with Crippen LogP contribution < -0.4 is 0 Å². The maximum atomic E-state index is 5.55. The lowest BCUT2D eigenvalue weighted by molar-refractivity contribution is 0.464. The van der Waals surface area contributed by atoms with E-state index in [0.717, 1.165) is 17.3 Å². The van der Waals surface area contributed by atoms with Crippen LogP contribution in [0.1, 0.15) is 37.1 Å². The van der Waals surface area contributed by atoms with Crippen molar-refractivity contribution < 1.29 is 4.42 Å². The number of hydrogen-bond acceptors (Lipinski definition) is 2. The smallest absolute Gasteiger partial charge is 0.198 e. The molecule has 0 aliphatic rings. The van der Waals surface area contributed by atoms with E-state index < -0.39 is 0 Å². The molecule has 0 saturated carbocycles.